The molecule has 0 aliphatic carbocycles. The van der Waals surface area contributed by atoms with Gasteiger partial charge in [-0.15, -0.1) is 10.2 Å². The SMILES string of the molecule is CCOc1ccc(-n2c(SCC(=O)Nc3c(C)cccc3CC)nnc2-c2cccc(C)c2)cc1. The summed E-state index contributed by atoms with van der Waals surface area (Å²) >= 11 is 1.37. The van der Waals surface area contributed by atoms with Crippen molar-refractivity contribution in [2.75, 3.05) is 17.7 Å². The number of carbonyl (C=O) groups excluding carboxylic acids is 1. The third kappa shape index (κ3) is 5.74. The number of hydrogen-bond donors (Lipinski definition) is 1. The van der Waals surface area contributed by atoms with Crippen LogP contribution in [0.1, 0.15) is 30.5 Å². The topological polar surface area (TPSA) is 69.0 Å². The molecule has 1 aromatic heterocycles. The molecule has 0 unspecified atom stereocenters. The molecule has 1 amide bonds. The Kier molecular flexibility index (Phi) is 7.87. The van der Waals surface area contributed by atoms with Crippen LogP contribution in [0.3, 0.4) is 0 Å². The van der Waals surface area contributed by atoms with Crippen LogP contribution in [0, 0.1) is 13.8 Å². The number of amides is 1. The smallest absolute Gasteiger partial charge is 0.234 e. The van der Waals surface area contributed by atoms with Crippen LogP contribution in [-0.4, -0.2) is 33.0 Å². The van der Waals surface area contributed by atoms with E-state index in [-0.39, 0.29) is 11.7 Å². The van der Waals surface area contributed by atoms with E-state index in [9.17, 15) is 4.79 Å². The molecule has 0 fully saturated rings. The zero-order chi connectivity index (χ0) is 24.8. The van der Waals surface area contributed by atoms with Gasteiger partial charge in [0.25, 0.3) is 0 Å². The summed E-state index contributed by atoms with van der Waals surface area (Å²) < 4.78 is 7.60. The van der Waals surface area contributed by atoms with Crippen molar-refractivity contribution >= 4 is 23.4 Å². The van der Waals surface area contributed by atoms with Crippen molar-refractivity contribution in [2.45, 2.75) is 39.3 Å². The lowest BCUT2D eigenvalue weighted by Gasteiger charge is -2.14. The van der Waals surface area contributed by atoms with Gasteiger partial charge in [-0.25, -0.2) is 0 Å². The third-order valence-electron chi connectivity index (χ3n) is 5.65. The minimum absolute atomic E-state index is 0.0719. The van der Waals surface area contributed by atoms with Crippen molar-refractivity contribution in [2.24, 2.45) is 0 Å². The van der Waals surface area contributed by atoms with Gasteiger partial charge in [0.1, 0.15) is 5.75 Å². The first-order valence-corrected chi connectivity index (χ1v) is 12.8. The van der Waals surface area contributed by atoms with Crippen molar-refractivity contribution in [1.29, 1.82) is 0 Å². The maximum atomic E-state index is 12.9. The van der Waals surface area contributed by atoms with Gasteiger partial charge in [0, 0.05) is 16.9 Å². The number of para-hydroxylation sites is 1. The van der Waals surface area contributed by atoms with Crippen molar-refractivity contribution < 1.29 is 9.53 Å². The molecule has 0 atom stereocenters. The number of aromatic nitrogens is 3. The van der Waals surface area contributed by atoms with Crippen LogP contribution in [0.2, 0.25) is 0 Å². The van der Waals surface area contributed by atoms with Crippen molar-refractivity contribution in [3.63, 3.8) is 0 Å². The number of thioether (sulfide) groups is 1. The Morgan fingerprint density at radius 3 is 2.49 bits per heavy atom. The molecule has 1 N–H and O–H groups in total. The molecule has 0 aliphatic rings. The predicted octanol–water partition coefficient (Wildman–Crippen LogP) is 6.24. The highest BCUT2D eigenvalue weighted by Crippen LogP contribution is 2.30. The summed E-state index contributed by atoms with van der Waals surface area (Å²) in [5.41, 5.74) is 6.10. The molecule has 7 heteroatoms. The van der Waals surface area contributed by atoms with Crippen LogP contribution >= 0.6 is 11.8 Å². The highest BCUT2D eigenvalue weighted by Gasteiger charge is 2.18. The first-order chi connectivity index (χ1) is 17.0. The summed E-state index contributed by atoms with van der Waals surface area (Å²) in [6.07, 6.45) is 0.857. The van der Waals surface area contributed by atoms with E-state index in [1.165, 1.54) is 11.8 Å². The standard InChI is InChI=1S/C28H30N4O2S/c1-5-21-11-8-10-20(4)26(21)29-25(33)18-35-28-31-30-27(22-12-7-9-19(3)17-22)32(28)23-13-15-24(16-14-23)34-6-2/h7-17H,5-6,18H2,1-4H3,(H,29,33). The Balaban J connectivity index is 1.62. The Hall–Kier alpha value is -3.58. The van der Waals surface area contributed by atoms with Gasteiger partial charge < -0.3 is 10.1 Å². The van der Waals surface area contributed by atoms with E-state index in [1.807, 2.05) is 73.0 Å². The lowest BCUT2D eigenvalue weighted by Crippen LogP contribution is -2.16. The molecule has 0 bridgehead atoms. The summed E-state index contributed by atoms with van der Waals surface area (Å²) in [6.45, 7) is 8.72. The molecule has 35 heavy (non-hydrogen) atoms. The van der Waals surface area contributed by atoms with Crippen molar-refractivity contribution in [1.82, 2.24) is 14.8 Å². The zero-order valence-electron chi connectivity index (χ0n) is 20.5. The van der Waals surface area contributed by atoms with Gasteiger partial charge in [-0.1, -0.05) is 60.6 Å². The second kappa shape index (κ2) is 11.2. The molecule has 6 nitrogen and oxygen atoms in total. The molecule has 0 radical (unpaired) electrons. The number of rotatable bonds is 9. The Morgan fingerprint density at radius 1 is 1.00 bits per heavy atom. The highest BCUT2D eigenvalue weighted by molar-refractivity contribution is 7.99. The molecule has 180 valence electrons. The maximum Gasteiger partial charge on any atom is 0.234 e. The molecule has 3 aromatic carbocycles. The van der Waals surface area contributed by atoms with Crippen LogP contribution in [0.25, 0.3) is 17.1 Å². The molecule has 0 saturated heterocycles. The second-order valence-corrected chi connectivity index (χ2v) is 9.18. The molecular formula is C28H30N4O2S. The average Bonchev–Trinajstić information content (AvgIpc) is 3.29. The van der Waals surface area contributed by atoms with Gasteiger partial charge in [-0.3, -0.25) is 9.36 Å². The fraction of sp³-hybridized carbons (Fsp3) is 0.250. The Bertz CT molecular complexity index is 1320. The summed E-state index contributed by atoms with van der Waals surface area (Å²) in [7, 11) is 0. The number of aryl methyl sites for hydroxylation is 3. The fourth-order valence-corrected chi connectivity index (χ4v) is 4.68. The third-order valence-corrected chi connectivity index (χ3v) is 6.58. The molecular weight excluding hydrogens is 456 g/mol. The van der Waals surface area contributed by atoms with Gasteiger partial charge in [0.2, 0.25) is 5.91 Å². The van der Waals surface area contributed by atoms with Crippen LogP contribution in [0.4, 0.5) is 5.69 Å². The van der Waals surface area contributed by atoms with E-state index < -0.39 is 0 Å². The average molecular weight is 487 g/mol. The Morgan fingerprint density at radius 2 is 1.77 bits per heavy atom. The molecule has 4 rings (SSSR count). The second-order valence-electron chi connectivity index (χ2n) is 8.24. The summed E-state index contributed by atoms with van der Waals surface area (Å²) in [4.78, 5) is 12.9. The lowest BCUT2D eigenvalue weighted by molar-refractivity contribution is -0.113. The Labute approximate surface area is 210 Å². The molecule has 1 heterocycles. The maximum absolute atomic E-state index is 12.9. The summed E-state index contributed by atoms with van der Waals surface area (Å²) in [6, 6.07) is 22.1. The molecule has 0 saturated carbocycles. The molecule has 0 spiro atoms. The monoisotopic (exact) mass is 486 g/mol. The minimum Gasteiger partial charge on any atom is -0.494 e. The number of ether oxygens (including phenoxy) is 1. The number of nitrogens with one attached hydrogen (secondary N) is 1. The van der Waals surface area contributed by atoms with E-state index >= 15 is 0 Å². The first-order valence-electron chi connectivity index (χ1n) is 11.8. The van der Waals surface area contributed by atoms with Crippen LogP contribution in [0.5, 0.6) is 5.75 Å². The van der Waals surface area contributed by atoms with Crippen LogP contribution < -0.4 is 10.1 Å². The van der Waals surface area contributed by atoms with Crippen molar-refractivity contribution in [3.05, 3.63) is 83.4 Å². The minimum atomic E-state index is -0.0719. The fourth-order valence-electron chi connectivity index (χ4n) is 3.93. The van der Waals surface area contributed by atoms with Gasteiger partial charge >= 0.3 is 0 Å². The number of nitrogens with zero attached hydrogens (tertiary/aromatic N) is 3. The molecule has 0 aliphatic heterocycles. The van der Waals surface area contributed by atoms with Gasteiger partial charge in [-0.05, 0) is 68.7 Å². The predicted molar refractivity (Wildman–Crippen MR) is 143 cm³/mol. The van der Waals surface area contributed by atoms with E-state index in [1.54, 1.807) is 0 Å². The summed E-state index contributed by atoms with van der Waals surface area (Å²) in [5, 5.41) is 12.7. The van der Waals surface area contributed by atoms with E-state index in [4.69, 9.17) is 4.74 Å². The van der Waals surface area contributed by atoms with E-state index in [0.29, 0.717) is 11.8 Å². The number of hydrogen-bond acceptors (Lipinski definition) is 5. The number of carbonyl (C=O) groups is 1. The first kappa shape index (κ1) is 24.5. The van der Waals surface area contributed by atoms with Gasteiger partial charge in [0.05, 0.1) is 12.4 Å². The van der Waals surface area contributed by atoms with Crippen molar-refractivity contribution in [3.8, 4) is 22.8 Å². The highest BCUT2D eigenvalue weighted by atomic mass is 32.2. The normalized spacial score (nSPS) is 10.9. The quantitative estimate of drug-likeness (QED) is 0.284. The van der Waals surface area contributed by atoms with E-state index in [0.717, 1.165) is 51.6 Å². The van der Waals surface area contributed by atoms with Gasteiger partial charge in [0.15, 0.2) is 11.0 Å². The van der Waals surface area contributed by atoms with Crippen LogP contribution in [0.15, 0.2) is 71.9 Å². The number of benzene rings is 3. The van der Waals surface area contributed by atoms with E-state index in [2.05, 4.69) is 41.5 Å². The zero-order valence-corrected chi connectivity index (χ0v) is 21.4. The number of anilines is 1. The molecule has 4 aromatic rings. The lowest BCUT2D eigenvalue weighted by atomic mass is 10.1. The van der Waals surface area contributed by atoms with Crippen LogP contribution in [-0.2, 0) is 11.2 Å². The van der Waals surface area contributed by atoms with Gasteiger partial charge in [-0.2, -0.15) is 0 Å². The summed E-state index contributed by atoms with van der Waals surface area (Å²) in [5.74, 6) is 1.69. The largest absolute Gasteiger partial charge is 0.494 e.